The second kappa shape index (κ2) is 6.45. The van der Waals surface area contributed by atoms with Crippen molar-refractivity contribution in [2.45, 2.75) is 37.8 Å². The Morgan fingerprint density at radius 2 is 1.85 bits per heavy atom. The summed E-state index contributed by atoms with van der Waals surface area (Å²) in [6.45, 7) is -0.1000. The van der Waals surface area contributed by atoms with E-state index >= 15 is 0 Å². The highest BCUT2D eigenvalue weighted by Gasteiger charge is 2.52. The molecule has 0 unspecified atom stereocenters. The van der Waals surface area contributed by atoms with E-state index in [1.165, 1.54) is 24.3 Å². The summed E-state index contributed by atoms with van der Waals surface area (Å²) in [5, 5.41) is 5.70. The number of aromatic nitrogens is 3. The standard InChI is InChI=1S/C17H18FN7O2/c18-10-3-5-11(6-4-10)20-15-22-12(21-14(19)23-15)9-25-13(26)17(24-16(25)27)7-1-2-8-17/h3-6H,1-2,7-9H2,(H,24,27)(H3,19,20,21,22,23). The summed E-state index contributed by atoms with van der Waals surface area (Å²) in [6.07, 6.45) is 3.10. The number of nitrogen functional groups attached to an aromatic ring is 1. The average Bonchev–Trinajstić information content (AvgIpc) is 3.18. The fourth-order valence-corrected chi connectivity index (χ4v) is 3.51. The lowest BCUT2D eigenvalue weighted by Gasteiger charge is -2.19. The summed E-state index contributed by atoms with van der Waals surface area (Å²) in [5.74, 6) is -0.336. The molecular formula is C17H18FN7O2. The fraction of sp³-hybridized carbons (Fsp3) is 0.353. The lowest BCUT2D eigenvalue weighted by atomic mass is 9.98. The summed E-state index contributed by atoms with van der Waals surface area (Å²) >= 11 is 0. The van der Waals surface area contributed by atoms with Crippen LogP contribution in [0, 0.1) is 5.82 Å². The van der Waals surface area contributed by atoms with Crippen LogP contribution in [0.5, 0.6) is 0 Å². The minimum atomic E-state index is -0.787. The van der Waals surface area contributed by atoms with Gasteiger partial charge in [0.1, 0.15) is 11.4 Å². The van der Waals surface area contributed by atoms with Crippen molar-refractivity contribution in [1.82, 2.24) is 25.2 Å². The van der Waals surface area contributed by atoms with Gasteiger partial charge in [0.25, 0.3) is 5.91 Å². The number of hydrogen-bond donors (Lipinski definition) is 3. The van der Waals surface area contributed by atoms with E-state index < -0.39 is 11.6 Å². The predicted octanol–water partition coefficient (Wildman–Crippen LogP) is 1.70. The van der Waals surface area contributed by atoms with E-state index in [2.05, 4.69) is 25.6 Å². The van der Waals surface area contributed by atoms with E-state index in [0.717, 1.165) is 17.7 Å². The van der Waals surface area contributed by atoms with Crippen LogP contribution in [0.3, 0.4) is 0 Å². The van der Waals surface area contributed by atoms with E-state index in [0.29, 0.717) is 18.5 Å². The number of nitrogens with one attached hydrogen (secondary N) is 2. The molecule has 1 aromatic heterocycles. The Kier molecular flexibility index (Phi) is 4.09. The number of rotatable bonds is 4. The molecule has 2 heterocycles. The Morgan fingerprint density at radius 1 is 1.15 bits per heavy atom. The molecule has 1 saturated heterocycles. The van der Waals surface area contributed by atoms with Crippen LogP contribution in [0.15, 0.2) is 24.3 Å². The molecule has 1 spiro atoms. The van der Waals surface area contributed by atoms with Crippen molar-refractivity contribution in [2.24, 2.45) is 0 Å². The minimum absolute atomic E-state index is 0.0488. The molecule has 0 atom stereocenters. The van der Waals surface area contributed by atoms with Crippen molar-refractivity contribution >= 4 is 29.5 Å². The van der Waals surface area contributed by atoms with Crippen molar-refractivity contribution in [3.8, 4) is 0 Å². The van der Waals surface area contributed by atoms with Crippen LogP contribution in [-0.2, 0) is 11.3 Å². The maximum atomic E-state index is 13.0. The van der Waals surface area contributed by atoms with Crippen LogP contribution < -0.4 is 16.4 Å². The topological polar surface area (TPSA) is 126 Å². The summed E-state index contributed by atoms with van der Waals surface area (Å²) in [6, 6.07) is 5.19. The maximum Gasteiger partial charge on any atom is 0.325 e. The van der Waals surface area contributed by atoms with Gasteiger partial charge in [-0.25, -0.2) is 9.18 Å². The van der Waals surface area contributed by atoms with E-state index in [4.69, 9.17) is 5.73 Å². The first kappa shape index (κ1) is 17.1. The minimum Gasteiger partial charge on any atom is -0.368 e. The Balaban J connectivity index is 1.54. The van der Waals surface area contributed by atoms with Gasteiger partial charge in [-0.1, -0.05) is 12.8 Å². The zero-order chi connectivity index (χ0) is 19.0. The molecule has 9 nitrogen and oxygen atoms in total. The molecule has 0 bridgehead atoms. The van der Waals surface area contributed by atoms with Crippen LogP contribution in [-0.4, -0.2) is 37.3 Å². The largest absolute Gasteiger partial charge is 0.368 e. The van der Waals surface area contributed by atoms with Crippen LogP contribution in [0.2, 0.25) is 0 Å². The molecule has 1 saturated carbocycles. The van der Waals surface area contributed by atoms with Gasteiger partial charge in [0.2, 0.25) is 11.9 Å². The number of imide groups is 1. The first-order valence-corrected chi connectivity index (χ1v) is 8.62. The van der Waals surface area contributed by atoms with E-state index in [1.807, 2.05) is 0 Å². The number of carbonyl (C=O) groups is 2. The number of nitrogens with zero attached hydrogens (tertiary/aromatic N) is 4. The number of urea groups is 1. The molecule has 4 rings (SSSR count). The molecule has 4 N–H and O–H groups in total. The molecule has 27 heavy (non-hydrogen) atoms. The smallest absolute Gasteiger partial charge is 0.325 e. The normalized spacial score (nSPS) is 18.2. The number of carbonyl (C=O) groups excluding carboxylic acids is 2. The van der Waals surface area contributed by atoms with Gasteiger partial charge >= 0.3 is 6.03 Å². The number of anilines is 3. The van der Waals surface area contributed by atoms with Crippen LogP contribution in [0.25, 0.3) is 0 Å². The third-order valence-corrected chi connectivity index (χ3v) is 4.80. The summed E-state index contributed by atoms with van der Waals surface area (Å²) in [5.41, 5.74) is 5.51. The highest BCUT2D eigenvalue weighted by molar-refractivity contribution is 6.07. The first-order chi connectivity index (χ1) is 12.9. The van der Waals surface area contributed by atoms with Gasteiger partial charge in [-0.3, -0.25) is 9.69 Å². The number of hydrogen-bond acceptors (Lipinski definition) is 7. The Morgan fingerprint density at radius 3 is 2.56 bits per heavy atom. The maximum absolute atomic E-state index is 13.0. The number of benzene rings is 1. The first-order valence-electron chi connectivity index (χ1n) is 8.62. The summed E-state index contributed by atoms with van der Waals surface area (Å²) in [4.78, 5) is 38.3. The molecule has 140 valence electrons. The molecule has 2 aromatic rings. The number of nitrogens with two attached hydrogens (primary N) is 1. The lowest BCUT2D eigenvalue weighted by molar-refractivity contribution is -0.131. The van der Waals surface area contributed by atoms with Gasteiger partial charge in [0, 0.05) is 5.69 Å². The molecule has 10 heteroatoms. The zero-order valence-corrected chi connectivity index (χ0v) is 14.4. The average molecular weight is 371 g/mol. The molecular weight excluding hydrogens is 353 g/mol. The Labute approximate surface area is 154 Å². The van der Waals surface area contributed by atoms with Gasteiger partial charge in [0.15, 0.2) is 5.82 Å². The monoisotopic (exact) mass is 371 g/mol. The molecule has 1 aliphatic heterocycles. The second-order valence-electron chi connectivity index (χ2n) is 6.68. The predicted molar refractivity (Wildman–Crippen MR) is 94.2 cm³/mol. The zero-order valence-electron chi connectivity index (χ0n) is 14.4. The lowest BCUT2D eigenvalue weighted by Crippen LogP contribution is -2.44. The molecule has 1 aliphatic carbocycles. The molecule has 2 fully saturated rings. The van der Waals surface area contributed by atoms with Gasteiger partial charge in [-0.2, -0.15) is 15.0 Å². The van der Waals surface area contributed by atoms with Crippen LogP contribution in [0.1, 0.15) is 31.5 Å². The molecule has 3 amide bonds. The highest BCUT2D eigenvalue weighted by Crippen LogP contribution is 2.35. The number of halogens is 1. The Hall–Kier alpha value is -3.30. The van der Waals surface area contributed by atoms with E-state index in [9.17, 15) is 14.0 Å². The van der Waals surface area contributed by atoms with Gasteiger partial charge in [-0.05, 0) is 37.1 Å². The van der Waals surface area contributed by atoms with Gasteiger partial charge < -0.3 is 16.4 Å². The third kappa shape index (κ3) is 3.25. The van der Waals surface area contributed by atoms with Crippen molar-refractivity contribution in [3.63, 3.8) is 0 Å². The van der Waals surface area contributed by atoms with E-state index in [1.54, 1.807) is 0 Å². The number of amides is 3. The van der Waals surface area contributed by atoms with Gasteiger partial charge in [0.05, 0.1) is 6.54 Å². The second-order valence-corrected chi connectivity index (χ2v) is 6.68. The third-order valence-electron chi connectivity index (χ3n) is 4.80. The molecule has 1 aromatic carbocycles. The van der Waals surface area contributed by atoms with Crippen molar-refractivity contribution in [3.05, 3.63) is 35.9 Å². The summed E-state index contributed by atoms with van der Waals surface area (Å²) < 4.78 is 13.0. The Bertz CT molecular complexity index is 897. The van der Waals surface area contributed by atoms with E-state index in [-0.39, 0.29) is 36.0 Å². The molecule has 2 aliphatic rings. The van der Waals surface area contributed by atoms with Crippen molar-refractivity contribution in [1.29, 1.82) is 0 Å². The van der Waals surface area contributed by atoms with Crippen LogP contribution in [0.4, 0.5) is 26.8 Å². The quantitative estimate of drug-likeness (QED) is 0.698. The fourth-order valence-electron chi connectivity index (χ4n) is 3.51. The molecule has 0 radical (unpaired) electrons. The van der Waals surface area contributed by atoms with Gasteiger partial charge in [-0.15, -0.1) is 0 Å². The summed E-state index contributed by atoms with van der Waals surface area (Å²) in [7, 11) is 0. The SMILES string of the molecule is Nc1nc(CN2C(=O)NC3(CCCC3)C2=O)nc(Nc2ccc(F)cc2)n1. The van der Waals surface area contributed by atoms with Crippen molar-refractivity contribution < 1.29 is 14.0 Å². The van der Waals surface area contributed by atoms with Crippen LogP contribution >= 0.6 is 0 Å². The highest BCUT2D eigenvalue weighted by atomic mass is 19.1. The van der Waals surface area contributed by atoms with Crippen molar-refractivity contribution in [2.75, 3.05) is 11.1 Å².